The zero-order valence-electron chi connectivity index (χ0n) is 12.1. The molecule has 0 aliphatic rings. The van der Waals surface area contributed by atoms with Crippen molar-refractivity contribution in [3.63, 3.8) is 0 Å². The molecule has 0 saturated carbocycles. The van der Waals surface area contributed by atoms with Gasteiger partial charge >= 0.3 is 5.97 Å². The SMILES string of the molecule is COc1ccc2c(Cl)c(C(=O)OCc3ccc(Cl)cc3)sc2c1. The molecule has 1 aromatic heterocycles. The first-order chi connectivity index (χ1) is 11.1. The van der Waals surface area contributed by atoms with Crippen LogP contribution in [0.15, 0.2) is 42.5 Å². The van der Waals surface area contributed by atoms with Gasteiger partial charge in [0.05, 0.1) is 12.1 Å². The monoisotopic (exact) mass is 366 g/mol. The van der Waals surface area contributed by atoms with Gasteiger partial charge in [0.1, 0.15) is 17.2 Å². The van der Waals surface area contributed by atoms with E-state index in [9.17, 15) is 4.79 Å². The van der Waals surface area contributed by atoms with Crippen molar-refractivity contribution in [2.24, 2.45) is 0 Å². The zero-order chi connectivity index (χ0) is 16.4. The van der Waals surface area contributed by atoms with Gasteiger partial charge in [0.15, 0.2) is 0 Å². The van der Waals surface area contributed by atoms with Crippen molar-refractivity contribution < 1.29 is 14.3 Å². The fraction of sp³-hybridized carbons (Fsp3) is 0.118. The topological polar surface area (TPSA) is 35.5 Å². The maximum absolute atomic E-state index is 12.3. The fourth-order valence-electron chi connectivity index (χ4n) is 2.10. The Labute approximate surface area is 147 Å². The molecule has 0 bridgehead atoms. The number of carbonyl (C=O) groups is 1. The molecule has 1 heterocycles. The third-order valence-electron chi connectivity index (χ3n) is 3.31. The smallest absolute Gasteiger partial charge is 0.350 e. The second-order valence-corrected chi connectivity index (χ2v) is 6.68. The van der Waals surface area contributed by atoms with Crippen LogP contribution in [0.3, 0.4) is 0 Å². The van der Waals surface area contributed by atoms with Gasteiger partial charge in [-0.1, -0.05) is 35.3 Å². The Morgan fingerprint density at radius 3 is 2.57 bits per heavy atom. The molecule has 0 saturated heterocycles. The van der Waals surface area contributed by atoms with Crippen molar-refractivity contribution in [1.82, 2.24) is 0 Å². The molecule has 3 aromatic rings. The van der Waals surface area contributed by atoms with Crippen LogP contribution in [0.5, 0.6) is 5.75 Å². The Morgan fingerprint density at radius 2 is 1.87 bits per heavy atom. The van der Waals surface area contributed by atoms with Crippen LogP contribution in [-0.2, 0) is 11.3 Å². The minimum Gasteiger partial charge on any atom is -0.497 e. The summed E-state index contributed by atoms with van der Waals surface area (Å²) in [4.78, 5) is 12.7. The molecule has 0 fully saturated rings. The molecule has 118 valence electrons. The molecule has 3 rings (SSSR count). The van der Waals surface area contributed by atoms with Gasteiger partial charge in [0, 0.05) is 15.1 Å². The van der Waals surface area contributed by atoms with Crippen LogP contribution in [-0.4, -0.2) is 13.1 Å². The van der Waals surface area contributed by atoms with Gasteiger partial charge in [-0.25, -0.2) is 4.79 Å². The normalized spacial score (nSPS) is 10.7. The highest BCUT2D eigenvalue weighted by Crippen LogP contribution is 2.37. The molecule has 0 amide bonds. The number of hydrogen-bond donors (Lipinski definition) is 0. The van der Waals surface area contributed by atoms with Crippen LogP contribution >= 0.6 is 34.5 Å². The van der Waals surface area contributed by atoms with E-state index in [-0.39, 0.29) is 6.61 Å². The van der Waals surface area contributed by atoms with E-state index >= 15 is 0 Å². The van der Waals surface area contributed by atoms with Crippen molar-refractivity contribution in [1.29, 1.82) is 0 Å². The van der Waals surface area contributed by atoms with E-state index in [1.807, 2.05) is 30.3 Å². The first kappa shape index (κ1) is 16.1. The molecule has 0 atom stereocenters. The molecule has 0 radical (unpaired) electrons. The van der Waals surface area contributed by atoms with E-state index in [4.69, 9.17) is 32.7 Å². The highest BCUT2D eigenvalue weighted by Gasteiger charge is 2.19. The Kier molecular flexibility index (Phi) is 4.76. The van der Waals surface area contributed by atoms with Crippen molar-refractivity contribution in [2.75, 3.05) is 7.11 Å². The molecular formula is C17H12Cl2O3S. The second kappa shape index (κ2) is 6.79. The Bertz CT molecular complexity index is 856. The Morgan fingerprint density at radius 1 is 1.13 bits per heavy atom. The maximum atomic E-state index is 12.3. The van der Waals surface area contributed by atoms with E-state index in [1.54, 1.807) is 19.2 Å². The van der Waals surface area contributed by atoms with E-state index in [2.05, 4.69) is 0 Å². The number of methoxy groups -OCH3 is 1. The molecule has 0 unspecified atom stereocenters. The molecule has 23 heavy (non-hydrogen) atoms. The summed E-state index contributed by atoms with van der Waals surface area (Å²) in [5.41, 5.74) is 0.863. The van der Waals surface area contributed by atoms with Gasteiger partial charge in [-0.05, 0) is 35.9 Å². The molecule has 3 nitrogen and oxygen atoms in total. The average molecular weight is 367 g/mol. The highest BCUT2D eigenvalue weighted by atomic mass is 35.5. The van der Waals surface area contributed by atoms with E-state index in [0.29, 0.717) is 14.9 Å². The van der Waals surface area contributed by atoms with Crippen molar-refractivity contribution in [2.45, 2.75) is 6.61 Å². The van der Waals surface area contributed by atoms with E-state index < -0.39 is 5.97 Å². The van der Waals surface area contributed by atoms with Crippen LogP contribution in [0.4, 0.5) is 0 Å². The van der Waals surface area contributed by atoms with Crippen LogP contribution in [0.2, 0.25) is 10.0 Å². The van der Waals surface area contributed by atoms with Crippen LogP contribution in [0.1, 0.15) is 15.2 Å². The Hall–Kier alpha value is -1.75. The molecule has 0 N–H and O–H groups in total. The summed E-state index contributed by atoms with van der Waals surface area (Å²) in [5.74, 6) is 0.279. The lowest BCUT2D eigenvalue weighted by molar-refractivity contribution is 0.0479. The summed E-state index contributed by atoms with van der Waals surface area (Å²) < 4.78 is 11.4. The van der Waals surface area contributed by atoms with Crippen molar-refractivity contribution in [3.8, 4) is 5.75 Å². The largest absolute Gasteiger partial charge is 0.497 e. The van der Waals surface area contributed by atoms with Crippen LogP contribution < -0.4 is 4.74 Å². The summed E-state index contributed by atoms with van der Waals surface area (Å²) in [6, 6.07) is 12.6. The minimum absolute atomic E-state index is 0.171. The highest BCUT2D eigenvalue weighted by molar-refractivity contribution is 7.21. The van der Waals surface area contributed by atoms with E-state index in [1.165, 1.54) is 11.3 Å². The Balaban J connectivity index is 1.80. The zero-order valence-corrected chi connectivity index (χ0v) is 14.5. The number of carbonyl (C=O) groups excluding carboxylic acids is 1. The lowest BCUT2D eigenvalue weighted by Crippen LogP contribution is -2.03. The molecule has 6 heteroatoms. The van der Waals surface area contributed by atoms with Crippen LogP contribution in [0, 0.1) is 0 Å². The lowest BCUT2D eigenvalue weighted by Gasteiger charge is -2.04. The van der Waals surface area contributed by atoms with E-state index in [0.717, 1.165) is 21.4 Å². The summed E-state index contributed by atoms with van der Waals surface area (Å²) in [5, 5.41) is 1.87. The molecular weight excluding hydrogens is 355 g/mol. The number of thiophene rings is 1. The number of ether oxygens (including phenoxy) is 2. The summed E-state index contributed by atoms with van der Waals surface area (Å²) in [7, 11) is 1.59. The minimum atomic E-state index is -0.440. The van der Waals surface area contributed by atoms with Gasteiger partial charge in [0.2, 0.25) is 0 Å². The molecule has 0 spiro atoms. The van der Waals surface area contributed by atoms with Crippen molar-refractivity contribution in [3.05, 3.63) is 63.0 Å². The van der Waals surface area contributed by atoms with Gasteiger partial charge < -0.3 is 9.47 Å². The molecule has 2 aromatic carbocycles. The van der Waals surface area contributed by atoms with Gasteiger partial charge in [0.25, 0.3) is 0 Å². The number of halogens is 2. The quantitative estimate of drug-likeness (QED) is 0.565. The first-order valence-electron chi connectivity index (χ1n) is 6.76. The molecule has 0 aliphatic heterocycles. The third kappa shape index (κ3) is 3.44. The standard InChI is InChI=1S/C17H12Cl2O3S/c1-21-12-6-7-13-14(8-12)23-16(15(13)19)17(20)22-9-10-2-4-11(18)5-3-10/h2-8H,9H2,1H3. The van der Waals surface area contributed by atoms with Gasteiger partial charge in [-0.3, -0.25) is 0 Å². The number of benzene rings is 2. The number of fused-ring (bicyclic) bond motifs is 1. The second-order valence-electron chi connectivity index (χ2n) is 4.81. The predicted molar refractivity (Wildman–Crippen MR) is 94.0 cm³/mol. The number of rotatable bonds is 4. The maximum Gasteiger partial charge on any atom is 0.350 e. The predicted octanol–water partition coefficient (Wildman–Crippen LogP) is 5.57. The number of esters is 1. The average Bonchev–Trinajstić information content (AvgIpc) is 2.90. The fourth-order valence-corrected chi connectivity index (χ4v) is 3.66. The summed E-state index contributed by atoms with van der Waals surface area (Å²) in [6.07, 6.45) is 0. The van der Waals surface area contributed by atoms with Gasteiger partial charge in [-0.2, -0.15) is 0 Å². The van der Waals surface area contributed by atoms with Crippen LogP contribution in [0.25, 0.3) is 10.1 Å². The summed E-state index contributed by atoms with van der Waals surface area (Å²) in [6.45, 7) is 0.171. The van der Waals surface area contributed by atoms with Crippen molar-refractivity contribution >= 4 is 50.6 Å². The number of hydrogen-bond acceptors (Lipinski definition) is 4. The lowest BCUT2D eigenvalue weighted by atomic mass is 10.2. The molecule has 0 aliphatic carbocycles. The van der Waals surface area contributed by atoms with Gasteiger partial charge in [-0.15, -0.1) is 11.3 Å². The first-order valence-corrected chi connectivity index (χ1v) is 8.33. The third-order valence-corrected chi connectivity index (χ3v) is 5.19. The summed E-state index contributed by atoms with van der Waals surface area (Å²) >= 11 is 13.4.